The molecule has 2 aliphatic heterocycles. The third-order valence-corrected chi connectivity index (χ3v) is 6.13. The highest BCUT2D eigenvalue weighted by molar-refractivity contribution is 5.74. The summed E-state index contributed by atoms with van der Waals surface area (Å²) in [5, 5.41) is 0. The van der Waals surface area contributed by atoms with Crippen molar-refractivity contribution in [2.24, 2.45) is 0 Å². The predicted octanol–water partition coefficient (Wildman–Crippen LogP) is 5.58. The van der Waals surface area contributed by atoms with Crippen LogP contribution in [0.4, 0.5) is 0 Å². The van der Waals surface area contributed by atoms with Gasteiger partial charge in [-0.3, -0.25) is 4.79 Å². The molecule has 3 aromatic rings. The number of hydrogen-bond acceptors (Lipinski definition) is 5. The lowest BCUT2D eigenvalue weighted by atomic mass is 9.90. The third kappa shape index (κ3) is 3.84. The summed E-state index contributed by atoms with van der Waals surface area (Å²) >= 11 is 0. The molecule has 0 amide bonds. The molecule has 0 bridgehead atoms. The van der Waals surface area contributed by atoms with Gasteiger partial charge in [0, 0.05) is 24.5 Å². The second kappa shape index (κ2) is 8.32. The third-order valence-electron chi connectivity index (χ3n) is 6.13. The molecule has 5 nitrogen and oxygen atoms in total. The van der Waals surface area contributed by atoms with Gasteiger partial charge in [0.2, 0.25) is 6.29 Å². The van der Waals surface area contributed by atoms with Gasteiger partial charge in [-0.15, -0.1) is 0 Å². The molecule has 0 aliphatic carbocycles. The van der Waals surface area contributed by atoms with Crippen LogP contribution in [0.2, 0.25) is 0 Å². The Kier molecular flexibility index (Phi) is 5.35. The Bertz CT molecular complexity index is 1200. The Morgan fingerprint density at radius 2 is 2.00 bits per heavy atom. The van der Waals surface area contributed by atoms with Gasteiger partial charge in [0.1, 0.15) is 18.1 Å². The summed E-state index contributed by atoms with van der Waals surface area (Å²) in [7, 11) is 0. The number of benzene rings is 3. The summed E-state index contributed by atoms with van der Waals surface area (Å²) in [4.78, 5) is 11.2. The number of carbonyl (C=O) groups is 1. The first-order valence-corrected chi connectivity index (χ1v) is 10.9. The van der Waals surface area contributed by atoms with E-state index in [4.69, 9.17) is 18.9 Å². The van der Waals surface area contributed by atoms with E-state index in [1.54, 1.807) is 0 Å². The minimum atomic E-state index is -0.627. The smallest absolute Gasteiger partial charge is 0.305 e. The quantitative estimate of drug-likeness (QED) is 0.495. The van der Waals surface area contributed by atoms with E-state index in [0.29, 0.717) is 13.2 Å². The van der Waals surface area contributed by atoms with Gasteiger partial charge >= 0.3 is 5.97 Å². The molecule has 0 aromatic heterocycles. The lowest BCUT2D eigenvalue weighted by molar-refractivity contribution is -0.175. The molecule has 164 valence electrons. The van der Waals surface area contributed by atoms with E-state index < -0.39 is 6.29 Å². The fourth-order valence-corrected chi connectivity index (χ4v) is 4.65. The number of rotatable bonds is 5. The lowest BCUT2D eigenvalue weighted by Gasteiger charge is -2.15. The van der Waals surface area contributed by atoms with Crippen LogP contribution in [0.15, 0.2) is 48.5 Å². The van der Waals surface area contributed by atoms with Crippen LogP contribution in [0.3, 0.4) is 0 Å². The van der Waals surface area contributed by atoms with Crippen LogP contribution in [0.5, 0.6) is 11.5 Å². The Hall–Kier alpha value is -3.31. The maximum atomic E-state index is 11.2. The van der Waals surface area contributed by atoms with Crippen LogP contribution < -0.4 is 9.47 Å². The first-order valence-electron chi connectivity index (χ1n) is 10.9. The molecule has 0 fully saturated rings. The number of aryl methyl sites for hydroxylation is 1. The lowest BCUT2D eigenvalue weighted by Crippen LogP contribution is -2.06. The highest BCUT2D eigenvalue weighted by Crippen LogP contribution is 2.38. The molecule has 5 rings (SSSR count). The minimum absolute atomic E-state index is 0.357. The fraction of sp³-hybridized carbons (Fsp3) is 0.296. The van der Waals surface area contributed by atoms with Crippen molar-refractivity contribution in [2.75, 3.05) is 6.61 Å². The largest absolute Gasteiger partial charge is 0.493 e. The number of carbonyl (C=O) groups excluding carboxylic acids is 1. The molecule has 0 radical (unpaired) electrons. The molecule has 0 N–H and O–H groups in total. The molecule has 5 heteroatoms. The van der Waals surface area contributed by atoms with Crippen molar-refractivity contribution in [1.29, 1.82) is 0 Å². The van der Waals surface area contributed by atoms with Gasteiger partial charge in [0.05, 0.1) is 13.2 Å². The molecule has 1 atom stereocenters. The van der Waals surface area contributed by atoms with E-state index in [1.165, 1.54) is 34.7 Å². The van der Waals surface area contributed by atoms with Crippen LogP contribution in [0.1, 0.15) is 46.6 Å². The molecule has 32 heavy (non-hydrogen) atoms. The van der Waals surface area contributed by atoms with Crippen LogP contribution in [-0.4, -0.2) is 12.6 Å². The zero-order valence-corrected chi connectivity index (χ0v) is 18.6. The van der Waals surface area contributed by atoms with Gasteiger partial charge < -0.3 is 18.9 Å². The zero-order chi connectivity index (χ0) is 22.2. The molecule has 0 unspecified atom stereocenters. The first kappa shape index (κ1) is 20.6. The molecular formula is C27H26O5. The second-order valence-electron chi connectivity index (χ2n) is 8.37. The van der Waals surface area contributed by atoms with Crippen molar-refractivity contribution < 1.29 is 23.7 Å². The van der Waals surface area contributed by atoms with Crippen molar-refractivity contribution in [3.05, 3.63) is 81.9 Å². The summed E-state index contributed by atoms with van der Waals surface area (Å²) in [5.41, 5.74) is 9.28. The summed E-state index contributed by atoms with van der Waals surface area (Å²) in [6.45, 7) is 7.35. The predicted molar refractivity (Wildman–Crippen MR) is 121 cm³/mol. The van der Waals surface area contributed by atoms with E-state index in [1.807, 2.05) is 18.2 Å². The van der Waals surface area contributed by atoms with E-state index in [9.17, 15) is 4.79 Å². The summed E-state index contributed by atoms with van der Waals surface area (Å²) in [6.07, 6.45) is 0.342. The minimum Gasteiger partial charge on any atom is -0.493 e. The average Bonchev–Trinajstić information content (AvgIpc) is 3.39. The molecular weight excluding hydrogens is 404 g/mol. The van der Waals surface area contributed by atoms with Crippen molar-refractivity contribution in [3.63, 3.8) is 0 Å². The van der Waals surface area contributed by atoms with Gasteiger partial charge in [-0.05, 0) is 77.6 Å². The SMILES string of the molecule is CC(=O)O[C@@H]1OCc2cc(OCc3cccc(-c4c(C)cc5c(c4C)CCO5)c3)ccc21. The highest BCUT2D eigenvalue weighted by Gasteiger charge is 2.26. The van der Waals surface area contributed by atoms with Crippen LogP contribution >= 0.6 is 0 Å². The summed E-state index contributed by atoms with van der Waals surface area (Å²) in [5.74, 6) is 1.44. The van der Waals surface area contributed by atoms with E-state index in [0.717, 1.165) is 41.2 Å². The summed E-state index contributed by atoms with van der Waals surface area (Å²) in [6, 6.07) is 16.4. The van der Waals surface area contributed by atoms with Gasteiger partial charge in [0.25, 0.3) is 0 Å². The van der Waals surface area contributed by atoms with Crippen LogP contribution in [0.25, 0.3) is 11.1 Å². The maximum Gasteiger partial charge on any atom is 0.305 e. The number of hydrogen-bond donors (Lipinski definition) is 0. The Balaban J connectivity index is 1.34. The van der Waals surface area contributed by atoms with Gasteiger partial charge in [-0.2, -0.15) is 0 Å². The van der Waals surface area contributed by atoms with Crippen molar-refractivity contribution in [2.45, 2.75) is 46.7 Å². The number of esters is 1. The van der Waals surface area contributed by atoms with Crippen LogP contribution in [-0.2, 0) is 33.9 Å². The van der Waals surface area contributed by atoms with Gasteiger partial charge in [-0.25, -0.2) is 0 Å². The topological polar surface area (TPSA) is 54.0 Å². The van der Waals surface area contributed by atoms with E-state index in [-0.39, 0.29) is 5.97 Å². The van der Waals surface area contributed by atoms with Crippen LogP contribution in [0, 0.1) is 13.8 Å². The maximum absolute atomic E-state index is 11.2. The Morgan fingerprint density at radius 1 is 1.12 bits per heavy atom. The van der Waals surface area contributed by atoms with Crippen molar-refractivity contribution >= 4 is 5.97 Å². The average molecular weight is 431 g/mol. The summed E-state index contributed by atoms with van der Waals surface area (Å²) < 4.78 is 22.6. The van der Waals surface area contributed by atoms with E-state index in [2.05, 4.69) is 44.2 Å². The molecule has 2 aliphatic rings. The molecule has 2 heterocycles. The monoisotopic (exact) mass is 430 g/mol. The zero-order valence-electron chi connectivity index (χ0n) is 18.6. The molecule has 3 aromatic carbocycles. The van der Waals surface area contributed by atoms with E-state index >= 15 is 0 Å². The molecule has 0 saturated carbocycles. The number of fused-ring (bicyclic) bond motifs is 2. The molecule has 0 saturated heterocycles. The van der Waals surface area contributed by atoms with Crippen molar-refractivity contribution in [3.8, 4) is 22.6 Å². The standard InChI is InChI=1S/C27H26O5/c1-16-11-25-23(9-10-29-25)17(2)26(16)20-6-4-5-19(12-20)14-30-22-7-8-24-21(13-22)15-31-27(24)32-18(3)28/h4-8,11-13,27H,9-10,14-15H2,1-3H3/t27-/m0/s1. The van der Waals surface area contributed by atoms with Crippen molar-refractivity contribution in [1.82, 2.24) is 0 Å². The number of ether oxygens (including phenoxy) is 4. The Labute approximate surface area is 187 Å². The van der Waals surface area contributed by atoms with Gasteiger partial charge in [-0.1, -0.05) is 18.2 Å². The second-order valence-corrected chi connectivity index (χ2v) is 8.37. The van der Waals surface area contributed by atoms with Gasteiger partial charge in [0.15, 0.2) is 0 Å². The molecule has 0 spiro atoms. The Morgan fingerprint density at radius 3 is 2.84 bits per heavy atom. The highest BCUT2D eigenvalue weighted by atomic mass is 16.7. The normalized spacial score (nSPS) is 16.3. The first-order chi connectivity index (χ1) is 15.5. The fourth-order valence-electron chi connectivity index (χ4n) is 4.65.